The lowest BCUT2D eigenvalue weighted by atomic mass is 10.1. The number of benzene rings is 1. The summed E-state index contributed by atoms with van der Waals surface area (Å²) < 4.78 is 6.26. The fourth-order valence-corrected chi connectivity index (χ4v) is 1.69. The van der Waals surface area contributed by atoms with Crippen LogP contribution in [0.1, 0.15) is 11.1 Å². The quantitative estimate of drug-likeness (QED) is 0.839. The number of aryl methyl sites for hydroxylation is 1. The highest BCUT2D eigenvalue weighted by Crippen LogP contribution is 2.26. The molecule has 0 aliphatic rings. The maximum absolute atomic E-state index is 10.7. The van der Waals surface area contributed by atoms with Gasteiger partial charge in [-0.15, -0.1) is 0 Å². The Kier molecular flexibility index (Phi) is 2.93. The van der Waals surface area contributed by atoms with Gasteiger partial charge in [0.25, 0.3) is 0 Å². The van der Waals surface area contributed by atoms with Gasteiger partial charge in [-0.25, -0.2) is 9.48 Å². The van der Waals surface area contributed by atoms with Gasteiger partial charge in [0, 0.05) is 0 Å². The smallest absolute Gasteiger partial charge is 0.405 e. The summed E-state index contributed by atoms with van der Waals surface area (Å²) in [6, 6.07) is 5.80. The molecule has 2 rings (SSSR count). The molecule has 0 spiro atoms. The zero-order chi connectivity index (χ0) is 13.3. The van der Waals surface area contributed by atoms with Crippen molar-refractivity contribution in [3.05, 3.63) is 35.5 Å². The first-order valence-corrected chi connectivity index (χ1v) is 5.38. The lowest BCUT2D eigenvalue weighted by molar-refractivity contribution is 0.211. The normalized spacial score (nSPS) is 10.3. The number of nitrogen functional groups attached to an aromatic ring is 1. The van der Waals surface area contributed by atoms with E-state index in [4.69, 9.17) is 16.2 Å². The Balaban J connectivity index is 2.49. The second-order valence-corrected chi connectivity index (χ2v) is 3.95. The summed E-state index contributed by atoms with van der Waals surface area (Å²) in [4.78, 5) is 10.7. The molecule has 1 aromatic carbocycles. The Morgan fingerprint density at radius 1 is 1.39 bits per heavy atom. The summed E-state index contributed by atoms with van der Waals surface area (Å²) in [5.41, 5.74) is 13.8. The highest BCUT2D eigenvalue weighted by Gasteiger charge is 2.14. The number of carbonyl (C=O) groups excluding carboxylic acids is 1. The molecule has 4 N–H and O–H groups in total. The van der Waals surface area contributed by atoms with Gasteiger partial charge in [0.05, 0.1) is 11.9 Å². The standard InChI is InChI=1S/C12H14N4O2/c1-7-4-3-5-9(8(7)2)16-11(13)10(6-15-16)18-12(14)17/h3-6H,13H2,1-2H3,(H2,14,17). The van der Waals surface area contributed by atoms with Crippen LogP contribution in [0.3, 0.4) is 0 Å². The van der Waals surface area contributed by atoms with Gasteiger partial charge in [-0.1, -0.05) is 12.1 Å². The Morgan fingerprint density at radius 3 is 2.78 bits per heavy atom. The summed E-state index contributed by atoms with van der Waals surface area (Å²) in [5.74, 6) is 0.394. The molecule has 1 aromatic heterocycles. The lowest BCUT2D eigenvalue weighted by Crippen LogP contribution is -2.17. The van der Waals surface area contributed by atoms with Gasteiger partial charge in [0.2, 0.25) is 0 Å². The third-order valence-corrected chi connectivity index (χ3v) is 2.79. The number of aromatic nitrogens is 2. The van der Waals surface area contributed by atoms with Crippen molar-refractivity contribution >= 4 is 11.9 Å². The number of hydrogen-bond acceptors (Lipinski definition) is 4. The van der Waals surface area contributed by atoms with Gasteiger partial charge >= 0.3 is 6.09 Å². The zero-order valence-electron chi connectivity index (χ0n) is 10.2. The molecule has 0 aliphatic carbocycles. The third-order valence-electron chi connectivity index (χ3n) is 2.79. The maximum Gasteiger partial charge on any atom is 0.410 e. The largest absolute Gasteiger partial charge is 0.410 e. The van der Waals surface area contributed by atoms with Gasteiger partial charge < -0.3 is 16.2 Å². The topological polar surface area (TPSA) is 96.2 Å². The molecular weight excluding hydrogens is 232 g/mol. The Labute approximate surface area is 104 Å². The highest BCUT2D eigenvalue weighted by atomic mass is 16.5. The molecule has 18 heavy (non-hydrogen) atoms. The number of hydrogen-bond donors (Lipinski definition) is 2. The molecule has 2 aromatic rings. The SMILES string of the molecule is Cc1cccc(-n2ncc(OC(N)=O)c2N)c1C. The number of primary amides is 1. The molecule has 0 fully saturated rings. The van der Waals surface area contributed by atoms with E-state index in [1.807, 2.05) is 32.0 Å². The van der Waals surface area contributed by atoms with E-state index < -0.39 is 6.09 Å². The van der Waals surface area contributed by atoms with Crippen LogP contribution < -0.4 is 16.2 Å². The molecule has 0 radical (unpaired) electrons. The van der Waals surface area contributed by atoms with E-state index in [1.54, 1.807) is 0 Å². The van der Waals surface area contributed by atoms with Crippen molar-refractivity contribution < 1.29 is 9.53 Å². The first kappa shape index (κ1) is 12.0. The summed E-state index contributed by atoms with van der Waals surface area (Å²) in [6.07, 6.45) is 0.448. The van der Waals surface area contributed by atoms with Gasteiger partial charge in [-0.3, -0.25) is 0 Å². The van der Waals surface area contributed by atoms with E-state index in [0.717, 1.165) is 16.8 Å². The Hall–Kier alpha value is -2.50. The number of rotatable bonds is 2. The molecule has 0 saturated heterocycles. The van der Waals surface area contributed by atoms with Gasteiger partial charge in [0.15, 0.2) is 11.6 Å². The molecule has 0 aliphatic heterocycles. The number of nitrogens with zero attached hydrogens (tertiary/aromatic N) is 2. The van der Waals surface area contributed by atoms with E-state index in [2.05, 4.69) is 5.10 Å². The second kappa shape index (κ2) is 4.40. The molecule has 1 amide bonds. The second-order valence-electron chi connectivity index (χ2n) is 3.95. The highest BCUT2D eigenvalue weighted by molar-refractivity contribution is 5.70. The van der Waals surface area contributed by atoms with E-state index in [9.17, 15) is 4.79 Å². The molecule has 6 heteroatoms. The molecule has 0 atom stereocenters. The predicted octanol–water partition coefficient (Wildman–Crippen LogP) is 1.53. The van der Waals surface area contributed by atoms with Gasteiger partial charge in [-0.2, -0.15) is 5.10 Å². The molecule has 0 unspecified atom stereocenters. The van der Waals surface area contributed by atoms with Crippen LogP contribution in [0.15, 0.2) is 24.4 Å². The number of nitrogens with two attached hydrogens (primary N) is 2. The first-order valence-electron chi connectivity index (χ1n) is 5.38. The van der Waals surface area contributed by atoms with Crippen LogP contribution in [0, 0.1) is 13.8 Å². The fourth-order valence-electron chi connectivity index (χ4n) is 1.69. The van der Waals surface area contributed by atoms with Crippen molar-refractivity contribution in [2.75, 3.05) is 5.73 Å². The maximum atomic E-state index is 10.7. The molecule has 6 nitrogen and oxygen atoms in total. The van der Waals surface area contributed by atoms with E-state index >= 15 is 0 Å². The van der Waals surface area contributed by atoms with Crippen molar-refractivity contribution in [3.63, 3.8) is 0 Å². The minimum atomic E-state index is -0.915. The van der Waals surface area contributed by atoms with Crippen LogP contribution in [0.5, 0.6) is 5.75 Å². The van der Waals surface area contributed by atoms with Gasteiger partial charge in [0.1, 0.15) is 0 Å². The van der Waals surface area contributed by atoms with Crippen LogP contribution in [-0.4, -0.2) is 15.9 Å². The van der Waals surface area contributed by atoms with Crippen LogP contribution in [0.4, 0.5) is 10.6 Å². The molecule has 1 heterocycles. The van der Waals surface area contributed by atoms with E-state index in [1.165, 1.54) is 10.9 Å². The van der Waals surface area contributed by atoms with Crippen LogP contribution in [0.2, 0.25) is 0 Å². The summed E-state index contributed by atoms with van der Waals surface area (Å²) in [5, 5.41) is 4.10. The number of anilines is 1. The minimum absolute atomic E-state index is 0.156. The number of amides is 1. The number of ether oxygens (including phenoxy) is 1. The van der Waals surface area contributed by atoms with Crippen LogP contribution in [-0.2, 0) is 0 Å². The Morgan fingerprint density at radius 2 is 2.11 bits per heavy atom. The molecule has 0 saturated carbocycles. The van der Waals surface area contributed by atoms with E-state index in [0.29, 0.717) is 0 Å². The Bertz CT molecular complexity index is 604. The predicted molar refractivity (Wildman–Crippen MR) is 67.7 cm³/mol. The van der Waals surface area contributed by atoms with Gasteiger partial charge in [-0.05, 0) is 31.0 Å². The summed E-state index contributed by atoms with van der Waals surface area (Å²) >= 11 is 0. The molecule has 0 bridgehead atoms. The number of carbonyl (C=O) groups is 1. The van der Waals surface area contributed by atoms with Crippen molar-refractivity contribution in [3.8, 4) is 11.4 Å². The van der Waals surface area contributed by atoms with Crippen molar-refractivity contribution in [1.29, 1.82) is 0 Å². The minimum Gasteiger partial charge on any atom is -0.405 e. The fraction of sp³-hybridized carbons (Fsp3) is 0.167. The molecule has 94 valence electrons. The van der Waals surface area contributed by atoms with E-state index in [-0.39, 0.29) is 11.6 Å². The van der Waals surface area contributed by atoms with Crippen LogP contribution in [0.25, 0.3) is 5.69 Å². The average molecular weight is 246 g/mol. The van der Waals surface area contributed by atoms with Crippen molar-refractivity contribution in [2.45, 2.75) is 13.8 Å². The van der Waals surface area contributed by atoms with Crippen molar-refractivity contribution in [1.82, 2.24) is 9.78 Å². The summed E-state index contributed by atoms with van der Waals surface area (Å²) in [6.45, 7) is 3.97. The van der Waals surface area contributed by atoms with Crippen molar-refractivity contribution in [2.24, 2.45) is 5.73 Å². The lowest BCUT2D eigenvalue weighted by Gasteiger charge is -2.10. The summed E-state index contributed by atoms with van der Waals surface area (Å²) in [7, 11) is 0. The van der Waals surface area contributed by atoms with Crippen LogP contribution >= 0.6 is 0 Å². The molecular formula is C12H14N4O2. The first-order chi connectivity index (χ1) is 8.50. The monoisotopic (exact) mass is 246 g/mol. The third kappa shape index (κ3) is 2.00. The average Bonchev–Trinajstić information content (AvgIpc) is 2.64. The zero-order valence-corrected chi connectivity index (χ0v) is 10.2.